The minimum absolute atomic E-state index is 0.125. The SMILES string of the molecule is CCNC(=O)c1cccc2cc(F)ccc12.COc1cc(C)cc(Oc2ccccc2NC=O)c1. The Morgan fingerprint density at radius 2 is 1.74 bits per heavy atom. The third-order valence-corrected chi connectivity index (χ3v) is 5.01. The van der Waals surface area contributed by atoms with Gasteiger partial charge in [0.1, 0.15) is 17.3 Å². The maximum absolute atomic E-state index is 13.0. The molecule has 6 nitrogen and oxygen atoms in total. The van der Waals surface area contributed by atoms with E-state index >= 15 is 0 Å². The highest BCUT2D eigenvalue weighted by Gasteiger charge is 2.09. The first-order valence-corrected chi connectivity index (χ1v) is 11.0. The molecule has 0 saturated heterocycles. The largest absolute Gasteiger partial charge is 0.497 e. The van der Waals surface area contributed by atoms with Gasteiger partial charge in [0.05, 0.1) is 12.8 Å². The molecule has 2 amide bonds. The van der Waals surface area contributed by atoms with Crippen molar-refractivity contribution >= 4 is 28.8 Å². The lowest BCUT2D eigenvalue weighted by atomic mass is 10.0. The summed E-state index contributed by atoms with van der Waals surface area (Å²) >= 11 is 0. The Balaban J connectivity index is 0.000000198. The van der Waals surface area contributed by atoms with E-state index in [0.29, 0.717) is 35.7 Å². The van der Waals surface area contributed by atoms with E-state index in [0.717, 1.165) is 22.1 Å². The number of benzene rings is 4. The Morgan fingerprint density at radius 3 is 2.49 bits per heavy atom. The van der Waals surface area contributed by atoms with Gasteiger partial charge in [-0.05, 0) is 72.6 Å². The van der Waals surface area contributed by atoms with Crippen molar-refractivity contribution in [2.24, 2.45) is 0 Å². The van der Waals surface area contributed by atoms with Gasteiger partial charge in [-0.2, -0.15) is 0 Å². The van der Waals surface area contributed by atoms with Gasteiger partial charge in [-0.1, -0.05) is 30.3 Å². The molecule has 180 valence electrons. The molecule has 0 saturated carbocycles. The molecule has 0 bridgehead atoms. The fourth-order valence-corrected chi connectivity index (χ4v) is 3.46. The van der Waals surface area contributed by atoms with E-state index in [1.54, 1.807) is 49.6 Å². The highest BCUT2D eigenvalue weighted by molar-refractivity contribution is 6.07. The zero-order valence-electron chi connectivity index (χ0n) is 19.8. The van der Waals surface area contributed by atoms with Crippen LogP contribution in [-0.4, -0.2) is 26.0 Å². The number of hydrogen-bond acceptors (Lipinski definition) is 4. The Kier molecular flexibility index (Phi) is 8.78. The van der Waals surface area contributed by atoms with Crippen molar-refractivity contribution in [1.29, 1.82) is 0 Å². The van der Waals surface area contributed by atoms with Gasteiger partial charge in [0, 0.05) is 18.2 Å². The molecule has 0 spiro atoms. The summed E-state index contributed by atoms with van der Waals surface area (Å²) in [6.45, 7) is 4.41. The van der Waals surface area contributed by atoms with E-state index < -0.39 is 0 Å². The second-order valence-electron chi connectivity index (χ2n) is 7.58. The Hall–Kier alpha value is -4.39. The molecule has 0 aromatic heterocycles. The van der Waals surface area contributed by atoms with Crippen LogP contribution in [0.3, 0.4) is 0 Å². The summed E-state index contributed by atoms with van der Waals surface area (Å²) in [7, 11) is 1.61. The topological polar surface area (TPSA) is 76.7 Å². The minimum Gasteiger partial charge on any atom is -0.497 e. The zero-order valence-corrected chi connectivity index (χ0v) is 19.8. The summed E-state index contributed by atoms with van der Waals surface area (Å²) in [5, 5.41) is 6.85. The molecule has 4 rings (SSSR count). The maximum Gasteiger partial charge on any atom is 0.251 e. The number of hydrogen-bond donors (Lipinski definition) is 2. The quantitative estimate of drug-likeness (QED) is 0.318. The number of carbonyl (C=O) groups excluding carboxylic acids is 2. The molecule has 0 aliphatic rings. The van der Waals surface area contributed by atoms with Crippen LogP contribution in [0.25, 0.3) is 10.8 Å². The number of ether oxygens (including phenoxy) is 2. The minimum atomic E-state index is -0.291. The lowest BCUT2D eigenvalue weighted by molar-refractivity contribution is -0.105. The lowest BCUT2D eigenvalue weighted by Crippen LogP contribution is -2.22. The number of halogens is 1. The van der Waals surface area contributed by atoms with Crippen molar-refractivity contribution in [3.05, 3.63) is 95.8 Å². The van der Waals surface area contributed by atoms with Crippen LogP contribution < -0.4 is 20.1 Å². The van der Waals surface area contributed by atoms with Crippen LogP contribution in [0.15, 0.2) is 78.9 Å². The number of amides is 2. The van der Waals surface area contributed by atoms with Gasteiger partial charge in [-0.3, -0.25) is 9.59 Å². The average Bonchev–Trinajstić information content (AvgIpc) is 2.85. The first-order valence-electron chi connectivity index (χ1n) is 11.0. The van der Waals surface area contributed by atoms with Crippen LogP contribution in [0.5, 0.6) is 17.2 Å². The summed E-state index contributed by atoms with van der Waals surface area (Å²) in [5.41, 5.74) is 2.24. The van der Waals surface area contributed by atoms with Crippen molar-refractivity contribution in [3.63, 3.8) is 0 Å². The van der Waals surface area contributed by atoms with E-state index in [2.05, 4.69) is 10.6 Å². The van der Waals surface area contributed by atoms with Crippen molar-refractivity contribution in [2.45, 2.75) is 13.8 Å². The number of methoxy groups -OCH3 is 1. The van der Waals surface area contributed by atoms with Gasteiger partial charge in [0.2, 0.25) is 6.41 Å². The highest BCUT2D eigenvalue weighted by atomic mass is 19.1. The van der Waals surface area contributed by atoms with Gasteiger partial charge in [-0.25, -0.2) is 4.39 Å². The smallest absolute Gasteiger partial charge is 0.251 e. The molecule has 4 aromatic rings. The summed E-state index contributed by atoms with van der Waals surface area (Å²) in [4.78, 5) is 22.3. The second kappa shape index (κ2) is 12.2. The van der Waals surface area contributed by atoms with E-state index in [1.165, 1.54) is 12.1 Å². The number of carbonyl (C=O) groups is 2. The molecule has 0 aliphatic carbocycles. The van der Waals surface area contributed by atoms with E-state index in [-0.39, 0.29) is 11.7 Å². The molecule has 7 heteroatoms. The predicted octanol–water partition coefficient (Wildman–Crippen LogP) is 6.09. The number of rotatable bonds is 7. The fourth-order valence-electron chi connectivity index (χ4n) is 3.46. The molecule has 35 heavy (non-hydrogen) atoms. The van der Waals surface area contributed by atoms with Crippen molar-refractivity contribution < 1.29 is 23.5 Å². The van der Waals surface area contributed by atoms with Gasteiger partial charge in [-0.15, -0.1) is 0 Å². The van der Waals surface area contributed by atoms with E-state index in [1.807, 2.05) is 38.1 Å². The Morgan fingerprint density at radius 1 is 0.971 bits per heavy atom. The first kappa shape index (κ1) is 25.2. The van der Waals surface area contributed by atoms with Crippen LogP contribution in [0, 0.1) is 12.7 Å². The number of anilines is 1. The Labute approximate surface area is 203 Å². The monoisotopic (exact) mass is 474 g/mol. The average molecular weight is 475 g/mol. The molecule has 4 aromatic carbocycles. The molecule has 0 heterocycles. The zero-order chi connectivity index (χ0) is 25.2. The maximum atomic E-state index is 13.0. The highest BCUT2D eigenvalue weighted by Crippen LogP contribution is 2.31. The Bertz CT molecular complexity index is 1320. The van der Waals surface area contributed by atoms with Crippen molar-refractivity contribution in [2.75, 3.05) is 19.0 Å². The van der Waals surface area contributed by atoms with E-state index in [4.69, 9.17) is 9.47 Å². The molecule has 2 N–H and O–H groups in total. The normalized spacial score (nSPS) is 10.1. The third-order valence-electron chi connectivity index (χ3n) is 5.01. The van der Waals surface area contributed by atoms with Crippen molar-refractivity contribution in [1.82, 2.24) is 5.32 Å². The number of nitrogens with one attached hydrogen (secondary N) is 2. The predicted molar refractivity (Wildman–Crippen MR) is 136 cm³/mol. The molecular formula is C28H27FN2O4. The lowest BCUT2D eigenvalue weighted by Gasteiger charge is -2.11. The number of aryl methyl sites for hydroxylation is 1. The van der Waals surface area contributed by atoms with Crippen LogP contribution in [0.2, 0.25) is 0 Å². The summed E-state index contributed by atoms with van der Waals surface area (Å²) in [5.74, 6) is 1.57. The molecule has 0 aliphatic heterocycles. The summed E-state index contributed by atoms with van der Waals surface area (Å²) in [6, 6.07) is 22.6. The molecule has 0 radical (unpaired) electrons. The molecule has 0 atom stereocenters. The van der Waals surface area contributed by atoms with Gasteiger partial charge < -0.3 is 20.1 Å². The molecule has 0 unspecified atom stereocenters. The van der Waals surface area contributed by atoms with Crippen LogP contribution in [0.1, 0.15) is 22.8 Å². The summed E-state index contributed by atoms with van der Waals surface area (Å²) < 4.78 is 24.0. The second-order valence-corrected chi connectivity index (χ2v) is 7.58. The van der Waals surface area contributed by atoms with Gasteiger partial charge in [0.15, 0.2) is 5.75 Å². The van der Waals surface area contributed by atoms with Crippen molar-refractivity contribution in [3.8, 4) is 17.2 Å². The number of para-hydroxylation sites is 2. The fraction of sp³-hybridized carbons (Fsp3) is 0.143. The van der Waals surface area contributed by atoms with Crippen LogP contribution >= 0.6 is 0 Å². The first-order chi connectivity index (χ1) is 16.9. The molecular weight excluding hydrogens is 447 g/mol. The summed E-state index contributed by atoms with van der Waals surface area (Å²) in [6.07, 6.45) is 0.624. The van der Waals surface area contributed by atoms with Crippen LogP contribution in [0.4, 0.5) is 10.1 Å². The van der Waals surface area contributed by atoms with Crippen LogP contribution in [-0.2, 0) is 4.79 Å². The van der Waals surface area contributed by atoms with Gasteiger partial charge >= 0.3 is 0 Å². The third kappa shape index (κ3) is 6.80. The van der Waals surface area contributed by atoms with E-state index in [9.17, 15) is 14.0 Å². The standard InChI is InChI=1S/C15H15NO3.C13H12FNO/c1-11-7-12(18-2)9-13(8-11)19-15-6-4-3-5-14(15)16-10-17;1-2-15-13(16)12-5-3-4-9-8-10(14)6-7-11(9)12/h3-10H,1-2H3,(H,16,17);3-8H,2H2,1H3,(H,15,16). The molecule has 0 fully saturated rings. The van der Waals surface area contributed by atoms with Gasteiger partial charge in [0.25, 0.3) is 5.91 Å². The number of fused-ring (bicyclic) bond motifs is 1.